The average Bonchev–Trinajstić information content (AvgIpc) is 2.86. The number of carbonyl (C=O) groups excluding carboxylic acids is 3. The number of halogens is 2. The van der Waals surface area contributed by atoms with Gasteiger partial charge in [0.2, 0.25) is 0 Å². The molecule has 1 N–H and O–H groups in total. The second-order valence-electron chi connectivity index (χ2n) is 5.20. The van der Waals surface area contributed by atoms with Gasteiger partial charge < -0.3 is 14.8 Å². The van der Waals surface area contributed by atoms with Crippen molar-refractivity contribution in [3.05, 3.63) is 51.4 Å². The molecule has 0 spiro atoms. The number of methoxy groups -OCH3 is 1. The van der Waals surface area contributed by atoms with E-state index in [-0.39, 0.29) is 10.6 Å². The van der Waals surface area contributed by atoms with E-state index in [0.717, 1.165) is 34.4 Å². The maximum absolute atomic E-state index is 13.5. The second-order valence-corrected chi connectivity index (χ2v) is 6.42. The normalized spacial score (nSPS) is 10.3. The molecule has 0 radical (unpaired) electrons. The smallest absolute Gasteiger partial charge is 0.344 e. The van der Waals surface area contributed by atoms with Crippen LogP contribution in [0.1, 0.15) is 31.2 Å². The fraction of sp³-hybridized carbons (Fsp3) is 0.235. The van der Waals surface area contributed by atoms with Crippen LogP contribution in [0.5, 0.6) is 0 Å². The molecule has 1 aromatic heterocycles. The standard InChI is InChI=1S/C17H15F2NO5S/c1-8-9(2)26-15(13(8)16(22)24-3)20-12(21)7-25-17(23)14-10(18)5-4-6-11(14)19/h4-6H,7H2,1-3H3,(H,20,21). The van der Waals surface area contributed by atoms with Gasteiger partial charge in [0, 0.05) is 4.88 Å². The van der Waals surface area contributed by atoms with E-state index < -0.39 is 41.7 Å². The summed E-state index contributed by atoms with van der Waals surface area (Å²) in [5.41, 5.74) is -0.0178. The number of aryl methyl sites for hydroxylation is 1. The highest BCUT2D eigenvalue weighted by Crippen LogP contribution is 2.32. The number of nitrogens with one attached hydrogen (secondary N) is 1. The van der Waals surface area contributed by atoms with Crippen LogP contribution in [0.15, 0.2) is 18.2 Å². The van der Waals surface area contributed by atoms with Crippen molar-refractivity contribution in [2.45, 2.75) is 13.8 Å². The van der Waals surface area contributed by atoms with Gasteiger partial charge in [-0.2, -0.15) is 0 Å². The number of hydrogen-bond acceptors (Lipinski definition) is 6. The molecule has 9 heteroatoms. The molecule has 0 bridgehead atoms. The number of ether oxygens (including phenoxy) is 2. The number of hydrogen-bond donors (Lipinski definition) is 1. The van der Waals surface area contributed by atoms with E-state index in [1.807, 2.05) is 0 Å². The molecule has 0 aliphatic heterocycles. The lowest BCUT2D eigenvalue weighted by Crippen LogP contribution is -2.22. The summed E-state index contributed by atoms with van der Waals surface area (Å²) in [6, 6.07) is 2.91. The number of carbonyl (C=O) groups is 3. The van der Waals surface area contributed by atoms with Crippen LogP contribution in [-0.4, -0.2) is 31.6 Å². The number of thiophene rings is 1. The summed E-state index contributed by atoms with van der Waals surface area (Å²) in [6.45, 7) is 2.70. The highest BCUT2D eigenvalue weighted by Gasteiger charge is 2.23. The Morgan fingerprint density at radius 1 is 1.08 bits per heavy atom. The van der Waals surface area contributed by atoms with Gasteiger partial charge in [-0.25, -0.2) is 18.4 Å². The predicted octanol–water partition coefficient (Wildman–Crippen LogP) is 3.23. The number of benzene rings is 1. The molecule has 2 aromatic rings. The minimum absolute atomic E-state index is 0.204. The molecule has 1 heterocycles. The molecule has 0 fully saturated rings. The van der Waals surface area contributed by atoms with E-state index >= 15 is 0 Å². The van der Waals surface area contributed by atoms with E-state index in [1.165, 1.54) is 7.11 Å². The van der Waals surface area contributed by atoms with Crippen molar-refractivity contribution in [2.75, 3.05) is 19.0 Å². The molecule has 26 heavy (non-hydrogen) atoms. The first-order chi connectivity index (χ1) is 12.3. The lowest BCUT2D eigenvalue weighted by molar-refractivity contribution is -0.119. The van der Waals surface area contributed by atoms with Gasteiger partial charge in [-0.1, -0.05) is 6.07 Å². The Bertz CT molecular complexity index is 858. The highest BCUT2D eigenvalue weighted by atomic mass is 32.1. The molecule has 138 valence electrons. The Balaban J connectivity index is 2.07. The lowest BCUT2D eigenvalue weighted by Gasteiger charge is -2.08. The van der Waals surface area contributed by atoms with Crippen LogP contribution in [0, 0.1) is 25.5 Å². The van der Waals surface area contributed by atoms with Crippen LogP contribution >= 0.6 is 11.3 Å². The largest absolute Gasteiger partial charge is 0.465 e. The zero-order chi connectivity index (χ0) is 19.4. The molecule has 0 unspecified atom stereocenters. The second kappa shape index (κ2) is 8.05. The van der Waals surface area contributed by atoms with Crippen molar-refractivity contribution < 1.29 is 32.6 Å². The van der Waals surface area contributed by atoms with Gasteiger partial charge in [0.05, 0.1) is 12.7 Å². The topological polar surface area (TPSA) is 81.7 Å². The van der Waals surface area contributed by atoms with E-state index in [2.05, 4.69) is 14.8 Å². The van der Waals surface area contributed by atoms with Gasteiger partial charge in [-0.3, -0.25) is 4.79 Å². The molecular weight excluding hydrogens is 368 g/mol. The van der Waals surface area contributed by atoms with Crippen LogP contribution in [0.2, 0.25) is 0 Å². The number of esters is 2. The third-order valence-corrected chi connectivity index (χ3v) is 4.65. The molecule has 0 aliphatic rings. The zero-order valence-corrected chi connectivity index (χ0v) is 15.0. The van der Waals surface area contributed by atoms with E-state index in [9.17, 15) is 23.2 Å². The van der Waals surface area contributed by atoms with E-state index in [1.54, 1.807) is 13.8 Å². The van der Waals surface area contributed by atoms with Gasteiger partial charge in [-0.15, -0.1) is 11.3 Å². The maximum Gasteiger partial charge on any atom is 0.344 e. The van der Waals surface area contributed by atoms with Gasteiger partial charge in [-0.05, 0) is 31.5 Å². The van der Waals surface area contributed by atoms with Crippen molar-refractivity contribution in [3.63, 3.8) is 0 Å². The molecule has 0 atom stereocenters. The minimum Gasteiger partial charge on any atom is -0.465 e. The summed E-state index contributed by atoms with van der Waals surface area (Å²) in [4.78, 5) is 36.4. The summed E-state index contributed by atoms with van der Waals surface area (Å²) in [6.07, 6.45) is 0. The van der Waals surface area contributed by atoms with Crippen molar-refractivity contribution in [1.82, 2.24) is 0 Å². The van der Waals surface area contributed by atoms with E-state index in [0.29, 0.717) is 5.56 Å². The highest BCUT2D eigenvalue weighted by molar-refractivity contribution is 7.16. The first-order valence-electron chi connectivity index (χ1n) is 7.35. The molecule has 0 saturated heterocycles. The Morgan fingerprint density at radius 3 is 2.27 bits per heavy atom. The maximum atomic E-state index is 13.5. The molecule has 6 nitrogen and oxygen atoms in total. The molecule has 2 rings (SSSR count). The van der Waals surface area contributed by atoms with E-state index in [4.69, 9.17) is 0 Å². The first-order valence-corrected chi connectivity index (χ1v) is 8.17. The summed E-state index contributed by atoms with van der Waals surface area (Å²) in [7, 11) is 1.21. The zero-order valence-electron chi connectivity index (χ0n) is 14.1. The van der Waals surface area contributed by atoms with Crippen LogP contribution in [0.4, 0.5) is 13.8 Å². The Hall–Kier alpha value is -2.81. The SMILES string of the molecule is COC(=O)c1c(NC(=O)COC(=O)c2c(F)cccc2F)sc(C)c1C. The fourth-order valence-electron chi connectivity index (χ4n) is 2.12. The van der Waals surface area contributed by atoms with Gasteiger partial charge in [0.15, 0.2) is 6.61 Å². The van der Waals surface area contributed by atoms with Gasteiger partial charge >= 0.3 is 11.9 Å². The minimum atomic E-state index is -1.30. The Kier molecular flexibility index (Phi) is 6.04. The predicted molar refractivity (Wildman–Crippen MR) is 90.4 cm³/mol. The summed E-state index contributed by atoms with van der Waals surface area (Å²) in [5.74, 6) is -4.86. The Labute approximate surface area is 151 Å². The third kappa shape index (κ3) is 4.05. The van der Waals surface area contributed by atoms with Gasteiger partial charge in [0.1, 0.15) is 22.2 Å². The molecular formula is C17H15F2NO5S. The van der Waals surface area contributed by atoms with Crippen LogP contribution < -0.4 is 5.32 Å². The number of anilines is 1. The summed E-state index contributed by atoms with van der Waals surface area (Å²) in [5, 5.41) is 2.68. The quantitative estimate of drug-likeness (QED) is 0.802. The Morgan fingerprint density at radius 2 is 1.69 bits per heavy atom. The van der Waals surface area contributed by atoms with Crippen molar-refractivity contribution in [1.29, 1.82) is 0 Å². The third-order valence-electron chi connectivity index (χ3n) is 3.53. The summed E-state index contributed by atoms with van der Waals surface area (Å²) < 4.78 is 36.3. The lowest BCUT2D eigenvalue weighted by atomic mass is 10.1. The fourth-order valence-corrected chi connectivity index (χ4v) is 3.19. The number of rotatable bonds is 5. The molecule has 0 aliphatic carbocycles. The van der Waals surface area contributed by atoms with Crippen LogP contribution in [0.3, 0.4) is 0 Å². The van der Waals surface area contributed by atoms with Crippen LogP contribution in [-0.2, 0) is 14.3 Å². The summed E-state index contributed by atoms with van der Waals surface area (Å²) >= 11 is 1.16. The van der Waals surface area contributed by atoms with Crippen LogP contribution in [0.25, 0.3) is 0 Å². The number of amides is 1. The van der Waals surface area contributed by atoms with Crippen molar-refractivity contribution >= 4 is 34.2 Å². The first kappa shape index (κ1) is 19.5. The van der Waals surface area contributed by atoms with Gasteiger partial charge in [0.25, 0.3) is 5.91 Å². The molecule has 1 aromatic carbocycles. The molecule has 1 amide bonds. The monoisotopic (exact) mass is 383 g/mol. The van der Waals surface area contributed by atoms with Crippen molar-refractivity contribution in [2.24, 2.45) is 0 Å². The van der Waals surface area contributed by atoms with Crippen molar-refractivity contribution in [3.8, 4) is 0 Å². The molecule has 0 saturated carbocycles. The average molecular weight is 383 g/mol.